The van der Waals surface area contributed by atoms with Gasteiger partial charge in [-0.3, -0.25) is 4.79 Å². The summed E-state index contributed by atoms with van der Waals surface area (Å²) in [4.78, 5) is 16.0. The summed E-state index contributed by atoms with van der Waals surface area (Å²) in [6.07, 6.45) is 1.85. The highest BCUT2D eigenvalue weighted by Crippen LogP contribution is 2.44. The number of hydrogen-bond donors (Lipinski definition) is 2. The lowest BCUT2D eigenvalue weighted by molar-refractivity contribution is -0.126. The topological polar surface area (TPSA) is 68.0 Å². The smallest absolute Gasteiger partial charge is 0.227 e. The summed E-state index contributed by atoms with van der Waals surface area (Å²) in [5.74, 6) is 0.0813. The predicted molar refractivity (Wildman–Crippen MR) is 59.4 cm³/mol. The van der Waals surface area contributed by atoms with Gasteiger partial charge in [0, 0.05) is 17.6 Å². The third kappa shape index (κ3) is 2.18. The van der Waals surface area contributed by atoms with Crippen LogP contribution in [-0.4, -0.2) is 17.4 Å². The quantitative estimate of drug-likeness (QED) is 0.796. The van der Waals surface area contributed by atoms with Gasteiger partial charge >= 0.3 is 0 Å². The third-order valence-electron chi connectivity index (χ3n) is 2.79. The highest BCUT2D eigenvalue weighted by Gasteiger charge is 2.48. The van der Waals surface area contributed by atoms with Gasteiger partial charge < -0.3 is 11.1 Å². The molecule has 0 spiro atoms. The van der Waals surface area contributed by atoms with Crippen molar-refractivity contribution in [3.8, 4) is 0 Å². The highest BCUT2D eigenvalue weighted by atomic mass is 32.1. The first-order valence-electron chi connectivity index (χ1n) is 5.06. The molecule has 1 aliphatic carbocycles. The second-order valence-electron chi connectivity index (χ2n) is 4.05. The molecule has 1 heterocycles. The number of hydrogen-bond acceptors (Lipinski definition) is 4. The molecule has 2 rings (SSSR count). The molecule has 5 heteroatoms. The molecule has 1 aliphatic rings. The molecule has 0 atom stereocenters. The molecule has 0 unspecified atom stereocenters. The first-order chi connectivity index (χ1) is 7.16. The second-order valence-corrected chi connectivity index (χ2v) is 4.99. The van der Waals surface area contributed by atoms with Crippen LogP contribution in [0, 0.1) is 12.3 Å². The molecule has 0 aliphatic heterocycles. The van der Waals surface area contributed by atoms with Gasteiger partial charge in [-0.1, -0.05) is 0 Å². The fourth-order valence-electron chi connectivity index (χ4n) is 1.50. The SMILES string of the molecule is Cc1csc(CNC(=O)C2(CN)CC2)n1. The number of aryl methyl sites for hydroxylation is 1. The van der Waals surface area contributed by atoms with Crippen LogP contribution < -0.4 is 11.1 Å². The molecule has 1 fully saturated rings. The van der Waals surface area contributed by atoms with Crippen molar-refractivity contribution in [1.29, 1.82) is 0 Å². The van der Waals surface area contributed by atoms with Crippen molar-refractivity contribution >= 4 is 17.2 Å². The minimum absolute atomic E-state index is 0.0813. The number of carbonyl (C=O) groups is 1. The van der Waals surface area contributed by atoms with Gasteiger partial charge in [0.1, 0.15) is 5.01 Å². The number of nitrogens with two attached hydrogens (primary N) is 1. The zero-order valence-electron chi connectivity index (χ0n) is 8.75. The summed E-state index contributed by atoms with van der Waals surface area (Å²) in [6.45, 7) is 2.93. The summed E-state index contributed by atoms with van der Waals surface area (Å²) in [6, 6.07) is 0. The molecular weight excluding hydrogens is 210 g/mol. The first-order valence-corrected chi connectivity index (χ1v) is 5.94. The zero-order chi connectivity index (χ0) is 10.9. The molecule has 1 saturated carbocycles. The molecule has 1 aromatic heterocycles. The molecule has 0 bridgehead atoms. The number of aromatic nitrogens is 1. The largest absolute Gasteiger partial charge is 0.349 e. The van der Waals surface area contributed by atoms with Crippen LogP contribution in [0.25, 0.3) is 0 Å². The average molecular weight is 225 g/mol. The molecule has 15 heavy (non-hydrogen) atoms. The van der Waals surface area contributed by atoms with Gasteiger partial charge in [0.25, 0.3) is 0 Å². The summed E-state index contributed by atoms with van der Waals surface area (Å²) < 4.78 is 0. The normalized spacial score (nSPS) is 17.5. The maximum Gasteiger partial charge on any atom is 0.227 e. The van der Waals surface area contributed by atoms with E-state index in [9.17, 15) is 4.79 Å². The molecule has 0 radical (unpaired) electrons. The van der Waals surface area contributed by atoms with Crippen LogP contribution >= 0.6 is 11.3 Å². The van der Waals surface area contributed by atoms with E-state index in [1.165, 1.54) is 0 Å². The lowest BCUT2D eigenvalue weighted by atomic mass is 10.1. The maximum absolute atomic E-state index is 11.7. The summed E-state index contributed by atoms with van der Waals surface area (Å²) in [5.41, 5.74) is 6.32. The Kier molecular flexibility index (Phi) is 2.75. The Morgan fingerprint density at radius 2 is 2.47 bits per heavy atom. The second kappa shape index (κ2) is 3.90. The Bertz CT molecular complexity index is 370. The molecule has 0 aromatic carbocycles. The van der Waals surface area contributed by atoms with Gasteiger partial charge in [-0.25, -0.2) is 4.98 Å². The standard InChI is InChI=1S/C10H15N3OS/c1-7-5-15-8(13-7)4-12-9(14)10(6-11)2-3-10/h5H,2-4,6,11H2,1H3,(H,12,14). The Labute approximate surface area is 92.9 Å². The molecule has 4 nitrogen and oxygen atoms in total. The highest BCUT2D eigenvalue weighted by molar-refractivity contribution is 7.09. The van der Waals surface area contributed by atoms with Crippen molar-refractivity contribution in [3.63, 3.8) is 0 Å². The summed E-state index contributed by atoms with van der Waals surface area (Å²) >= 11 is 1.57. The van der Waals surface area contributed by atoms with Gasteiger partial charge in [-0.05, 0) is 19.8 Å². The Hall–Kier alpha value is -0.940. The van der Waals surface area contributed by atoms with E-state index in [0.29, 0.717) is 13.1 Å². The van der Waals surface area contributed by atoms with Crippen molar-refractivity contribution in [2.75, 3.05) is 6.54 Å². The molecule has 1 amide bonds. The van der Waals surface area contributed by atoms with Crippen LogP contribution in [0.5, 0.6) is 0 Å². The number of nitrogens with zero attached hydrogens (tertiary/aromatic N) is 1. The Morgan fingerprint density at radius 1 is 1.73 bits per heavy atom. The minimum atomic E-state index is -0.258. The van der Waals surface area contributed by atoms with Gasteiger partial charge in [-0.2, -0.15) is 0 Å². The van der Waals surface area contributed by atoms with Crippen LogP contribution in [0.3, 0.4) is 0 Å². The van der Waals surface area contributed by atoms with Crippen LogP contribution in [0.2, 0.25) is 0 Å². The molecular formula is C10H15N3OS. The van der Waals surface area contributed by atoms with E-state index < -0.39 is 0 Å². The fraction of sp³-hybridized carbons (Fsp3) is 0.600. The van der Waals surface area contributed by atoms with Crippen LogP contribution in [0.1, 0.15) is 23.5 Å². The van der Waals surface area contributed by atoms with Crippen LogP contribution in [-0.2, 0) is 11.3 Å². The molecule has 0 saturated heterocycles. The van der Waals surface area contributed by atoms with Gasteiger partial charge in [0.2, 0.25) is 5.91 Å². The van der Waals surface area contributed by atoms with E-state index in [4.69, 9.17) is 5.73 Å². The Balaban J connectivity index is 1.86. The van der Waals surface area contributed by atoms with Gasteiger partial charge in [0.05, 0.1) is 12.0 Å². The lowest BCUT2D eigenvalue weighted by Crippen LogP contribution is -2.36. The van der Waals surface area contributed by atoms with E-state index in [-0.39, 0.29) is 11.3 Å². The van der Waals surface area contributed by atoms with Crippen molar-refractivity contribution < 1.29 is 4.79 Å². The van der Waals surface area contributed by atoms with E-state index in [2.05, 4.69) is 10.3 Å². The molecule has 3 N–H and O–H groups in total. The van der Waals surface area contributed by atoms with E-state index >= 15 is 0 Å². The number of carbonyl (C=O) groups excluding carboxylic acids is 1. The summed E-state index contributed by atoms with van der Waals surface area (Å²) in [5, 5.41) is 5.83. The van der Waals surface area contributed by atoms with E-state index in [1.54, 1.807) is 11.3 Å². The van der Waals surface area contributed by atoms with Gasteiger partial charge in [0.15, 0.2) is 0 Å². The van der Waals surface area contributed by atoms with Crippen LogP contribution in [0.4, 0.5) is 0 Å². The van der Waals surface area contributed by atoms with Crippen molar-refractivity contribution in [1.82, 2.24) is 10.3 Å². The molecule has 1 aromatic rings. The Morgan fingerprint density at radius 3 is 2.93 bits per heavy atom. The van der Waals surface area contributed by atoms with Crippen molar-refractivity contribution in [3.05, 3.63) is 16.1 Å². The zero-order valence-corrected chi connectivity index (χ0v) is 9.56. The number of nitrogens with one attached hydrogen (secondary N) is 1. The minimum Gasteiger partial charge on any atom is -0.349 e. The monoisotopic (exact) mass is 225 g/mol. The third-order valence-corrected chi connectivity index (χ3v) is 3.76. The fourth-order valence-corrected chi connectivity index (χ4v) is 2.21. The number of thiazole rings is 1. The predicted octanol–water partition coefficient (Wildman–Crippen LogP) is 0.807. The lowest BCUT2D eigenvalue weighted by Gasteiger charge is -2.11. The average Bonchev–Trinajstić information content (AvgIpc) is 2.93. The summed E-state index contributed by atoms with van der Waals surface area (Å²) in [7, 11) is 0. The van der Waals surface area contributed by atoms with Crippen molar-refractivity contribution in [2.24, 2.45) is 11.1 Å². The van der Waals surface area contributed by atoms with E-state index in [0.717, 1.165) is 23.5 Å². The van der Waals surface area contributed by atoms with Crippen molar-refractivity contribution in [2.45, 2.75) is 26.3 Å². The number of rotatable bonds is 4. The van der Waals surface area contributed by atoms with Crippen LogP contribution in [0.15, 0.2) is 5.38 Å². The molecule has 82 valence electrons. The maximum atomic E-state index is 11.7. The van der Waals surface area contributed by atoms with Gasteiger partial charge in [-0.15, -0.1) is 11.3 Å². The van der Waals surface area contributed by atoms with E-state index in [1.807, 2.05) is 12.3 Å². The first kappa shape index (κ1) is 10.6. The number of amides is 1.